The van der Waals surface area contributed by atoms with Crippen molar-refractivity contribution < 1.29 is 44.1 Å². The molecule has 194 valence electrons. The smallest absolute Gasteiger partial charge is 0.326 e. The van der Waals surface area contributed by atoms with Crippen LogP contribution in [0.4, 0.5) is 0 Å². The number of carboxylic acid groups (broad SMARTS) is 2. The molecule has 11 N–H and O–H groups in total. The Morgan fingerprint density at radius 2 is 1.66 bits per heavy atom. The van der Waals surface area contributed by atoms with Gasteiger partial charge in [0.25, 0.3) is 0 Å². The van der Waals surface area contributed by atoms with E-state index in [9.17, 15) is 39.0 Å². The average Bonchev–Trinajstić information content (AvgIpc) is 3.26. The molecule has 0 aromatic carbocycles. The molecule has 0 saturated carbocycles. The summed E-state index contributed by atoms with van der Waals surface area (Å²) in [5.74, 6) is -6.57. The number of carboxylic acids is 2. The minimum atomic E-state index is -1.65. The van der Waals surface area contributed by atoms with Crippen LogP contribution in [0, 0.1) is 0 Å². The van der Waals surface area contributed by atoms with Crippen LogP contribution in [0.15, 0.2) is 12.5 Å². The van der Waals surface area contributed by atoms with Crippen molar-refractivity contribution in [2.24, 2.45) is 11.5 Å². The number of aromatic nitrogens is 2. The second kappa shape index (κ2) is 13.6. The number of nitrogens with zero attached hydrogens (tertiary/aromatic N) is 1. The van der Waals surface area contributed by atoms with Gasteiger partial charge in [-0.1, -0.05) is 0 Å². The van der Waals surface area contributed by atoms with E-state index in [-0.39, 0.29) is 19.3 Å². The third-order valence-corrected chi connectivity index (χ3v) is 4.70. The largest absolute Gasteiger partial charge is 0.481 e. The average molecular weight is 499 g/mol. The molecule has 0 saturated heterocycles. The predicted octanol–water partition coefficient (Wildman–Crippen LogP) is -4.06. The molecule has 35 heavy (non-hydrogen) atoms. The Kier molecular flexibility index (Phi) is 11.3. The molecule has 16 nitrogen and oxygen atoms in total. The minimum absolute atomic E-state index is 0.165. The lowest BCUT2D eigenvalue weighted by Gasteiger charge is -2.26. The molecule has 5 unspecified atom stereocenters. The van der Waals surface area contributed by atoms with E-state index in [0.29, 0.717) is 5.69 Å². The Balaban J connectivity index is 3.01. The summed E-state index contributed by atoms with van der Waals surface area (Å²) in [6, 6.07) is -6.02. The number of imidazole rings is 1. The zero-order valence-corrected chi connectivity index (χ0v) is 18.8. The summed E-state index contributed by atoms with van der Waals surface area (Å²) >= 11 is 0. The van der Waals surface area contributed by atoms with E-state index >= 15 is 0 Å². The topological polar surface area (TPSA) is 280 Å². The first-order valence-electron chi connectivity index (χ1n) is 10.4. The maximum Gasteiger partial charge on any atom is 0.326 e. The first-order chi connectivity index (χ1) is 16.3. The molecule has 1 aromatic rings. The van der Waals surface area contributed by atoms with Gasteiger partial charge < -0.3 is 47.7 Å². The van der Waals surface area contributed by atoms with E-state index in [1.54, 1.807) is 0 Å². The maximum atomic E-state index is 12.9. The third kappa shape index (κ3) is 10.2. The molecule has 0 aliphatic rings. The molecule has 0 radical (unpaired) electrons. The van der Waals surface area contributed by atoms with Crippen LogP contribution in [0.3, 0.4) is 0 Å². The number of hydrogen-bond donors (Lipinski definition) is 9. The fraction of sp³-hybridized carbons (Fsp3) is 0.526. The van der Waals surface area contributed by atoms with E-state index in [0.717, 1.165) is 6.92 Å². The Labute approximate surface area is 198 Å². The van der Waals surface area contributed by atoms with Crippen LogP contribution in [-0.2, 0) is 35.2 Å². The Morgan fingerprint density at radius 1 is 1.03 bits per heavy atom. The van der Waals surface area contributed by atoms with Gasteiger partial charge in [-0.15, -0.1) is 0 Å². The number of aliphatic carboxylic acids is 2. The van der Waals surface area contributed by atoms with Gasteiger partial charge in [0.2, 0.25) is 23.6 Å². The SMILES string of the molecule is CC(O)C(NC(=O)C(Cc1cnc[nH]1)NC(=O)C(N)CC(=O)O)C(=O)NC(CCC(N)=O)C(=O)O. The second-order valence-electron chi connectivity index (χ2n) is 7.68. The number of aliphatic hydroxyl groups excluding tert-OH is 1. The lowest BCUT2D eigenvalue weighted by atomic mass is 10.1. The standard InChI is InChI=1S/C19H29N7O9/c1-8(27)15(18(33)24-11(19(34)35)2-3-13(21)28)26-17(32)12(4-9-6-22-7-23-9)25-16(31)10(20)5-14(29)30/h6-8,10-12,15,27H,2-5,20H2,1H3,(H2,21,28)(H,22,23)(H,24,33)(H,25,31)(H,26,32)(H,29,30)(H,34,35). The number of primary amides is 1. The molecule has 0 aliphatic carbocycles. The number of carbonyl (C=O) groups excluding carboxylic acids is 4. The summed E-state index contributed by atoms with van der Waals surface area (Å²) in [7, 11) is 0. The number of aromatic amines is 1. The lowest BCUT2D eigenvalue weighted by Crippen LogP contribution is -2.60. The van der Waals surface area contributed by atoms with Gasteiger partial charge in [0.05, 0.1) is 24.9 Å². The highest BCUT2D eigenvalue weighted by molar-refractivity contribution is 5.95. The normalized spacial score (nSPS) is 15.1. The molecule has 1 heterocycles. The quantitative estimate of drug-likeness (QED) is 0.112. The van der Waals surface area contributed by atoms with Crippen molar-refractivity contribution in [2.45, 2.75) is 62.9 Å². The Bertz CT molecular complexity index is 920. The number of carbonyl (C=O) groups is 6. The van der Waals surface area contributed by atoms with Gasteiger partial charge in [-0.2, -0.15) is 0 Å². The molecular formula is C19H29N7O9. The molecule has 16 heteroatoms. The Hall–Kier alpha value is -4.05. The molecule has 4 amide bonds. The van der Waals surface area contributed by atoms with Gasteiger partial charge >= 0.3 is 11.9 Å². The number of aliphatic hydroxyl groups is 1. The van der Waals surface area contributed by atoms with Crippen molar-refractivity contribution in [1.82, 2.24) is 25.9 Å². The molecule has 0 aliphatic heterocycles. The van der Waals surface area contributed by atoms with Gasteiger partial charge in [-0.3, -0.25) is 24.0 Å². The first kappa shape index (κ1) is 29.0. The number of rotatable bonds is 15. The Morgan fingerprint density at radius 3 is 2.14 bits per heavy atom. The molecule has 0 spiro atoms. The summed E-state index contributed by atoms with van der Waals surface area (Å²) in [6.45, 7) is 1.16. The molecule has 5 atom stereocenters. The van der Waals surface area contributed by atoms with Crippen molar-refractivity contribution >= 4 is 35.6 Å². The van der Waals surface area contributed by atoms with Crippen molar-refractivity contribution in [3.63, 3.8) is 0 Å². The predicted molar refractivity (Wildman–Crippen MR) is 116 cm³/mol. The second-order valence-corrected chi connectivity index (χ2v) is 7.68. The van der Waals surface area contributed by atoms with Gasteiger partial charge in [0.15, 0.2) is 0 Å². The van der Waals surface area contributed by atoms with Crippen LogP contribution in [0.5, 0.6) is 0 Å². The summed E-state index contributed by atoms with van der Waals surface area (Å²) < 4.78 is 0. The molecule has 1 rings (SSSR count). The van der Waals surface area contributed by atoms with E-state index in [1.165, 1.54) is 12.5 Å². The van der Waals surface area contributed by atoms with Gasteiger partial charge in [-0.25, -0.2) is 9.78 Å². The lowest BCUT2D eigenvalue weighted by molar-refractivity contribution is -0.143. The van der Waals surface area contributed by atoms with Crippen molar-refractivity contribution in [3.8, 4) is 0 Å². The van der Waals surface area contributed by atoms with Crippen LogP contribution in [0.2, 0.25) is 0 Å². The summed E-state index contributed by atoms with van der Waals surface area (Å²) in [5.41, 5.74) is 10.9. The summed E-state index contributed by atoms with van der Waals surface area (Å²) in [6.07, 6.45) is -0.353. The van der Waals surface area contributed by atoms with E-state index < -0.39 is 72.3 Å². The van der Waals surface area contributed by atoms with Crippen LogP contribution in [-0.4, -0.2) is 91.1 Å². The molecule has 0 bridgehead atoms. The number of nitrogens with two attached hydrogens (primary N) is 2. The van der Waals surface area contributed by atoms with Crippen molar-refractivity contribution in [1.29, 1.82) is 0 Å². The zero-order chi connectivity index (χ0) is 26.7. The van der Waals surface area contributed by atoms with E-state index in [1.807, 2.05) is 0 Å². The summed E-state index contributed by atoms with van der Waals surface area (Å²) in [5, 5.41) is 34.7. The van der Waals surface area contributed by atoms with Crippen LogP contribution >= 0.6 is 0 Å². The van der Waals surface area contributed by atoms with E-state index in [2.05, 4.69) is 25.9 Å². The fourth-order valence-corrected chi connectivity index (χ4v) is 2.85. The molecular weight excluding hydrogens is 470 g/mol. The monoisotopic (exact) mass is 499 g/mol. The summed E-state index contributed by atoms with van der Waals surface area (Å²) in [4.78, 5) is 77.5. The minimum Gasteiger partial charge on any atom is -0.481 e. The fourth-order valence-electron chi connectivity index (χ4n) is 2.85. The highest BCUT2D eigenvalue weighted by Gasteiger charge is 2.33. The van der Waals surface area contributed by atoms with Crippen molar-refractivity contribution in [3.05, 3.63) is 18.2 Å². The maximum absolute atomic E-state index is 12.9. The zero-order valence-electron chi connectivity index (χ0n) is 18.8. The van der Waals surface area contributed by atoms with Crippen molar-refractivity contribution in [2.75, 3.05) is 0 Å². The number of nitrogens with one attached hydrogen (secondary N) is 4. The number of amides is 4. The number of hydrogen-bond acceptors (Lipinski definition) is 9. The van der Waals surface area contributed by atoms with Gasteiger partial charge in [-0.05, 0) is 13.3 Å². The van der Waals surface area contributed by atoms with Crippen LogP contribution < -0.4 is 27.4 Å². The molecule has 1 aromatic heterocycles. The first-order valence-corrected chi connectivity index (χ1v) is 10.4. The molecule has 0 fully saturated rings. The van der Waals surface area contributed by atoms with E-state index in [4.69, 9.17) is 16.6 Å². The van der Waals surface area contributed by atoms with Gasteiger partial charge in [0.1, 0.15) is 18.1 Å². The van der Waals surface area contributed by atoms with Crippen LogP contribution in [0.1, 0.15) is 31.9 Å². The number of H-pyrrole nitrogens is 1. The van der Waals surface area contributed by atoms with Crippen LogP contribution in [0.25, 0.3) is 0 Å². The third-order valence-electron chi connectivity index (χ3n) is 4.70. The highest BCUT2D eigenvalue weighted by atomic mass is 16.4. The highest BCUT2D eigenvalue weighted by Crippen LogP contribution is 2.04. The van der Waals surface area contributed by atoms with Gasteiger partial charge in [0, 0.05) is 24.7 Å².